The normalized spacial score (nSPS) is 29.3. The van der Waals surface area contributed by atoms with Crippen molar-refractivity contribution in [3.63, 3.8) is 0 Å². The molecule has 0 radical (unpaired) electrons. The Kier molecular flexibility index (Phi) is 6.45. The Bertz CT molecular complexity index is 1600. The average Bonchev–Trinajstić information content (AvgIpc) is 2.90. The van der Waals surface area contributed by atoms with Crippen molar-refractivity contribution in [2.45, 2.75) is 37.5 Å². The fourth-order valence-corrected chi connectivity index (χ4v) is 6.74. The number of aliphatic hydroxyl groups is 4. The first-order valence-corrected chi connectivity index (χ1v) is 13.0. The summed E-state index contributed by atoms with van der Waals surface area (Å²) in [6.07, 6.45) is -1.66. The third kappa shape index (κ3) is 3.69. The van der Waals surface area contributed by atoms with Gasteiger partial charge in [-0.05, 0) is 38.1 Å². The van der Waals surface area contributed by atoms with Gasteiger partial charge in [-0.3, -0.25) is 24.1 Å². The summed E-state index contributed by atoms with van der Waals surface area (Å²) in [6.45, 7) is 3.08. The molecule has 5 rings (SSSR count). The number of aromatic hydroxyl groups is 1. The number of hydrogen-bond acceptors (Lipinski definition) is 10. The van der Waals surface area contributed by atoms with E-state index in [-0.39, 0.29) is 16.9 Å². The molecule has 41 heavy (non-hydrogen) atoms. The van der Waals surface area contributed by atoms with Crippen molar-refractivity contribution in [3.05, 3.63) is 75.8 Å². The number of nitrogens with zero attached hydrogens (tertiary/aromatic N) is 1. The van der Waals surface area contributed by atoms with Crippen LogP contribution in [-0.4, -0.2) is 85.5 Å². The number of ketones is 3. The molecule has 3 aliphatic rings. The van der Waals surface area contributed by atoms with Crippen molar-refractivity contribution in [3.8, 4) is 16.9 Å². The molecule has 0 aliphatic heterocycles. The van der Waals surface area contributed by atoms with E-state index in [0.717, 1.165) is 0 Å². The summed E-state index contributed by atoms with van der Waals surface area (Å²) < 4.78 is 0. The second kappa shape index (κ2) is 9.37. The number of Topliss-reactive ketones (excluding diaryl/α,β-unsaturated/α-hetero) is 3. The molecule has 0 unspecified atom stereocenters. The number of aliphatic hydroxyl groups excluding tert-OH is 3. The monoisotopic (exact) mass is 562 g/mol. The molecule has 0 saturated heterocycles. The van der Waals surface area contributed by atoms with E-state index in [1.165, 1.54) is 25.9 Å². The molecule has 3 aliphatic carbocycles. The maximum absolute atomic E-state index is 14.0. The first-order valence-electron chi connectivity index (χ1n) is 13.0. The molecular weight excluding hydrogens is 532 g/mol. The highest BCUT2D eigenvalue weighted by molar-refractivity contribution is 6.25. The minimum absolute atomic E-state index is 0.146. The molecule has 7 N–H and O–H groups in total. The van der Waals surface area contributed by atoms with E-state index >= 15 is 0 Å². The van der Waals surface area contributed by atoms with Crippen LogP contribution >= 0.6 is 0 Å². The highest BCUT2D eigenvalue weighted by Gasteiger charge is 2.67. The molecule has 0 spiro atoms. The number of rotatable bonds is 4. The number of phenols is 1. The first kappa shape index (κ1) is 28.2. The van der Waals surface area contributed by atoms with Crippen LogP contribution < -0.4 is 5.73 Å². The lowest BCUT2D eigenvalue weighted by Crippen LogP contribution is -2.68. The molecular formula is C30H30N2O9. The highest BCUT2D eigenvalue weighted by Crippen LogP contribution is 2.56. The van der Waals surface area contributed by atoms with Gasteiger partial charge in [-0.1, -0.05) is 43.3 Å². The zero-order valence-corrected chi connectivity index (χ0v) is 22.7. The Morgan fingerprint density at radius 2 is 1.61 bits per heavy atom. The van der Waals surface area contributed by atoms with E-state index < -0.39 is 81.4 Å². The van der Waals surface area contributed by atoms with Crippen molar-refractivity contribution in [2.75, 3.05) is 14.1 Å². The maximum Gasteiger partial charge on any atom is 0.255 e. The van der Waals surface area contributed by atoms with Crippen LogP contribution in [0.5, 0.6) is 5.75 Å². The summed E-state index contributed by atoms with van der Waals surface area (Å²) in [5.41, 5.74) is 2.35. The molecule has 2 aromatic carbocycles. The number of nitrogens with two attached hydrogens (primary N) is 1. The van der Waals surface area contributed by atoms with Crippen LogP contribution in [0.1, 0.15) is 46.0 Å². The van der Waals surface area contributed by atoms with Gasteiger partial charge in [0.25, 0.3) is 5.91 Å². The summed E-state index contributed by atoms with van der Waals surface area (Å²) >= 11 is 0. The second-order valence-electron chi connectivity index (χ2n) is 11.1. The summed E-state index contributed by atoms with van der Waals surface area (Å²) in [5.74, 6) is -9.54. The summed E-state index contributed by atoms with van der Waals surface area (Å²) in [4.78, 5) is 52.7. The minimum atomic E-state index is -2.97. The fraction of sp³-hybridized carbons (Fsp3) is 0.333. The Morgan fingerprint density at radius 3 is 2.15 bits per heavy atom. The number of carbonyl (C=O) groups excluding carboxylic acids is 4. The largest absolute Gasteiger partial charge is 0.510 e. The minimum Gasteiger partial charge on any atom is -0.510 e. The Morgan fingerprint density at radius 1 is 1.00 bits per heavy atom. The van der Waals surface area contributed by atoms with E-state index in [1.54, 1.807) is 43.3 Å². The number of likely N-dealkylation sites (N-methyl/N-ethyl adjacent to an activating group) is 1. The fourth-order valence-electron chi connectivity index (χ4n) is 6.74. The van der Waals surface area contributed by atoms with Gasteiger partial charge in [-0.15, -0.1) is 0 Å². The van der Waals surface area contributed by atoms with Gasteiger partial charge in [-0.2, -0.15) is 0 Å². The molecule has 214 valence electrons. The molecule has 2 aromatic rings. The van der Waals surface area contributed by atoms with Crippen LogP contribution in [0.4, 0.5) is 0 Å². The smallest absolute Gasteiger partial charge is 0.255 e. The van der Waals surface area contributed by atoms with Crippen LogP contribution in [0.15, 0.2) is 59.1 Å². The van der Waals surface area contributed by atoms with Crippen molar-refractivity contribution < 1.29 is 44.7 Å². The predicted molar refractivity (Wildman–Crippen MR) is 145 cm³/mol. The first-order chi connectivity index (χ1) is 19.2. The summed E-state index contributed by atoms with van der Waals surface area (Å²) in [7, 11) is 2.96. The lowest BCUT2D eigenvalue weighted by atomic mass is 9.55. The van der Waals surface area contributed by atoms with E-state index in [2.05, 4.69) is 0 Å². The Balaban J connectivity index is 1.73. The van der Waals surface area contributed by atoms with Crippen LogP contribution in [0, 0.1) is 11.8 Å². The molecule has 11 heteroatoms. The average molecular weight is 563 g/mol. The molecule has 0 heterocycles. The predicted octanol–water partition coefficient (Wildman–Crippen LogP) is 1.52. The van der Waals surface area contributed by atoms with E-state index in [1.807, 2.05) is 0 Å². The van der Waals surface area contributed by atoms with Gasteiger partial charge in [0.05, 0.1) is 23.6 Å². The van der Waals surface area contributed by atoms with Gasteiger partial charge in [0.1, 0.15) is 22.8 Å². The van der Waals surface area contributed by atoms with Crippen LogP contribution in [0.25, 0.3) is 11.1 Å². The third-order valence-electron chi connectivity index (χ3n) is 8.73. The van der Waals surface area contributed by atoms with Crippen LogP contribution in [0.3, 0.4) is 0 Å². The number of amides is 1. The van der Waals surface area contributed by atoms with Crippen LogP contribution in [-0.2, 0) is 9.59 Å². The van der Waals surface area contributed by atoms with Gasteiger partial charge in [-0.25, -0.2) is 0 Å². The van der Waals surface area contributed by atoms with Crippen molar-refractivity contribution in [2.24, 2.45) is 17.6 Å². The topological polar surface area (TPSA) is 199 Å². The Labute approximate surface area is 234 Å². The number of fused-ring (bicyclic) bond motifs is 3. The number of primary amides is 1. The highest BCUT2D eigenvalue weighted by atomic mass is 16.4. The van der Waals surface area contributed by atoms with Gasteiger partial charge in [0.15, 0.2) is 17.2 Å². The van der Waals surface area contributed by atoms with Crippen molar-refractivity contribution >= 4 is 23.3 Å². The molecule has 6 atom stereocenters. The molecule has 0 aromatic heterocycles. The van der Waals surface area contributed by atoms with E-state index in [4.69, 9.17) is 5.73 Å². The summed E-state index contributed by atoms with van der Waals surface area (Å²) in [6, 6.07) is 8.27. The zero-order chi connectivity index (χ0) is 30.3. The Hall–Kier alpha value is -4.32. The maximum atomic E-state index is 14.0. The number of benzene rings is 2. The second-order valence-corrected chi connectivity index (χ2v) is 11.1. The van der Waals surface area contributed by atoms with Crippen LogP contribution in [0.2, 0.25) is 0 Å². The molecule has 0 bridgehead atoms. The van der Waals surface area contributed by atoms with E-state index in [9.17, 15) is 44.7 Å². The molecule has 0 saturated carbocycles. The molecule has 0 fully saturated rings. The summed E-state index contributed by atoms with van der Waals surface area (Å²) in [5, 5.41) is 57.1. The van der Waals surface area contributed by atoms with Gasteiger partial charge in [0.2, 0.25) is 5.78 Å². The quantitative estimate of drug-likeness (QED) is 0.235. The SMILES string of the molecule is CC(=O)c1ccc(-c2ccc3c(c2O)C(=O)C2=C(O)[C@@]4(O)C(=O)C(C(N)=O)=C(O)[C@H](N(C)C)[C@H]4[C@@H](O)[C@@H]2[C@@H]3C)cc1. The van der Waals surface area contributed by atoms with Crippen molar-refractivity contribution in [1.29, 1.82) is 0 Å². The lowest BCUT2D eigenvalue weighted by molar-refractivity contribution is -0.162. The van der Waals surface area contributed by atoms with E-state index in [0.29, 0.717) is 16.7 Å². The van der Waals surface area contributed by atoms with Gasteiger partial charge < -0.3 is 31.3 Å². The van der Waals surface area contributed by atoms with Gasteiger partial charge in [0, 0.05) is 22.6 Å². The molecule has 1 amide bonds. The number of carbonyl (C=O) groups is 4. The zero-order valence-electron chi connectivity index (χ0n) is 22.7. The van der Waals surface area contributed by atoms with Gasteiger partial charge >= 0.3 is 0 Å². The molecule has 11 nitrogen and oxygen atoms in total. The number of phenolic OH excluding ortho intramolecular Hbond substituents is 1. The number of hydrogen-bond donors (Lipinski definition) is 6. The standard InChI is InChI=1S/C30H30N2O9/c1-11-15-9-10-16(14-7-5-13(6-8-14)12(2)33)23(34)18(15)24(35)19-17(11)25(36)21-22(32(3)4)26(37)20(29(31)40)28(39)30(21,41)27(19)38/h5-11,17,21-22,25,34,36-38,41H,1-4H3,(H2,31,40)/t11-,17-,21+,22-,25+,30-/m1/s1. The van der Waals surface area contributed by atoms with Crippen molar-refractivity contribution in [1.82, 2.24) is 4.90 Å². The lowest BCUT2D eigenvalue weighted by Gasteiger charge is -2.53. The third-order valence-corrected chi connectivity index (χ3v) is 8.73.